The number of hydrogen-bond donors (Lipinski definition) is 2. The van der Waals surface area contributed by atoms with Crippen LogP contribution in [0.3, 0.4) is 0 Å². The fourth-order valence-electron chi connectivity index (χ4n) is 3.24. The number of benzene rings is 2. The minimum atomic E-state index is -0.349. The topological polar surface area (TPSA) is 78.1 Å². The SMILES string of the molecule is COc1ccc(C2(NC(=O)NCc3ccc4c(c3)OCO4)CC2)cc1OC. The van der Waals surface area contributed by atoms with Crippen LogP contribution < -0.4 is 29.6 Å². The first-order chi connectivity index (χ1) is 13.1. The van der Waals surface area contributed by atoms with Gasteiger partial charge in [0.1, 0.15) is 0 Å². The molecule has 7 heteroatoms. The van der Waals surface area contributed by atoms with Crippen LogP contribution in [-0.4, -0.2) is 27.0 Å². The van der Waals surface area contributed by atoms with E-state index in [1.165, 1.54) is 0 Å². The summed E-state index contributed by atoms with van der Waals surface area (Å²) in [6.07, 6.45) is 1.78. The number of ether oxygens (including phenoxy) is 4. The van der Waals surface area contributed by atoms with Crippen LogP contribution in [0.2, 0.25) is 0 Å². The molecule has 1 aliphatic heterocycles. The molecule has 0 radical (unpaired) electrons. The summed E-state index contributed by atoms with van der Waals surface area (Å²) in [5.74, 6) is 2.76. The highest BCUT2D eigenvalue weighted by Gasteiger charge is 2.46. The van der Waals surface area contributed by atoms with Crippen LogP contribution in [0.25, 0.3) is 0 Å². The third-order valence-electron chi connectivity index (χ3n) is 4.93. The van der Waals surface area contributed by atoms with Gasteiger partial charge in [-0.3, -0.25) is 0 Å². The van der Waals surface area contributed by atoms with Gasteiger partial charge in [0.15, 0.2) is 23.0 Å². The minimum Gasteiger partial charge on any atom is -0.493 e. The van der Waals surface area contributed by atoms with Crippen molar-refractivity contribution in [2.45, 2.75) is 24.9 Å². The highest BCUT2D eigenvalue weighted by atomic mass is 16.7. The largest absolute Gasteiger partial charge is 0.493 e. The van der Waals surface area contributed by atoms with E-state index in [1.807, 2.05) is 36.4 Å². The number of methoxy groups -OCH3 is 2. The molecule has 27 heavy (non-hydrogen) atoms. The summed E-state index contributed by atoms with van der Waals surface area (Å²) in [6, 6.07) is 11.2. The van der Waals surface area contributed by atoms with Gasteiger partial charge in [-0.2, -0.15) is 0 Å². The second-order valence-corrected chi connectivity index (χ2v) is 6.65. The van der Waals surface area contributed by atoms with E-state index in [-0.39, 0.29) is 18.4 Å². The number of fused-ring (bicyclic) bond motifs is 1. The highest BCUT2D eigenvalue weighted by molar-refractivity contribution is 5.76. The molecule has 2 aromatic carbocycles. The predicted molar refractivity (Wildman–Crippen MR) is 98.4 cm³/mol. The Kier molecular flexibility index (Phi) is 4.43. The van der Waals surface area contributed by atoms with E-state index in [0.717, 1.165) is 29.7 Å². The summed E-state index contributed by atoms with van der Waals surface area (Å²) >= 11 is 0. The lowest BCUT2D eigenvalue weighted by Gasteiger charge is -2.20. The molecular weight excluding hydrogens is 348 g/mol. The van der Waals surface area contributed by atoms with Crippen LogP contribution in [0.4, 0.5) is 4.79 Å². The first-order valence-electron chi connectivity index (χ1n) is 8.80. The number of carbonyl (C=O) groups excluding carboxylic acids is 1. The van der Waals surface area contributed by atoms with E-state index < -0.39 is 0 Å². The Balaban J connectivity index is 1.39. The van der Waals surface area contributed by atoms with Gasteiger partial charge >= 0.3 is 6.03 Å². The molecule has 2 amide bonds. The molecule has 0 atom stereocenters. The van der Waals surface area contributed by atoms with Crippen LogP contribution in [0, 0.1) is 0 Å². The maximum Gasteiger partial charge on any atom is 0.315 e. The van der Waals surface area contributed by atoms with Gasteiger partial charge in [-0.25, -0.2) is 4.79 Å². The van der Waals surface area contributed by atoms with Gasteiger partial charge in [0.25, 0.3) is 0 Å². The molecule has 0 aromatic heterocycles. The lowest BCUT2D eigenvalue weighted by molar-refractivity contribution is 0.174. The van der Waals surface area contributed by atoms with Gasteiger partial charge in [0.2, 0.25) is 6.79 Å². The fourth-order valence-corrected chi connectivity index (χ4v) is 3.24. The van der Waals surface area contributed by atoms with Crippen molar-refractivity contribution in [2.24, 2.45) is 0 Å². The molecule has 0 bridgehead atoms. The third-order valence-corrected chi connectivity index (χ3v) is 4.93. The van der Waals surface area contributed by atoms with Crippen molar-refractivity contribution in [2.75, 3.05) is 21.0 Å². The Morgan fingerprint density at radius 2 is 1.81 bits per heavy atom. The highest BCUT2D eigenvalue weighted by Crippen LogP contribution is 2.47. The maximum atomic E-state index is 12.4. The Bertz CT molecular complexity index is 863. The van der Waals surface area contributed by atoms with Gasteiger partial charge in [-0.05, 0) is 48.2 Å². The standard InChI is InChI=1S/C20H22N2O5/c1-24-15-6-4-14(10-17(15)25-2)20(7-8-20)22-19(23)21-11-13-3-5-16-18(9-13)27-12-26-16/h3-6,9-10H,7-8,11-12H2,1-2H3,(H2,21,22,23). The summed E-state index contributed by atoms with van der Waals surface area (Å²) < 4.78 is 21.3. The van der Waals surface area contributed by atoms with Gasteiger partial charge in [0.05, 0.1) is 19.8 Å². The molecule has 0 saturated heterocycles. The zero-order valence-corrected chi connectivity index (χ0v) is 15.3. The maximum absolute atomic E-state index is 12.4. The molecule has 1 heterocycles. The van der Waals surface area contributed by atoms with Crippen LogP contribution in [-0.2, 0) is 12.1 Å². The van der Waals surface area contributed by atoms with Crippen molar-refractivity contribution in [1.29, 1.82) is 0 Å². The lowest BCUT2D eigenvalue weighted by Crippen LogP contribution is -2.41. The summed E-state index contributed by atoms with van der Waals surface area (Å²) in [7, 11) is 3.21. The number of rotatable bonds is 6. The Morgan fingerprint density at radius 1 is 1.04 bits per heavy atom. The summed E-state index contributed by atoms with van der Waals surface area (Å²) in [5, 5.41) is 6.00. The zero-order valence-electron chi connectivity index (χ0n) is 15.3. The molecule has 0 spiro atoms. The monoisotopic (exact) mass is 370 g/mol. The number of urea groups is 1. The quantitative estimate of drug-likeness (QED) is 0.818. The summed E-state index contributed by atoms with van der Waals surface area (Å²) in [4.78, 5) is 12.4. The zero-order chi connectivity index (χ0) is 18.9. The van der Waals surface area contributed by atoms with Gasteiger partial charge in [-0.1, -0.05) is 12.1 Å². The van der Waals surface area contributed by atoms with Crippen molar-refractivity contribution in [1.82, 2.24) is 10.6 Å². The Labute approximate surface area is 157 Å². The van der Waals surface area contributed by atoms with E-state index >= 15 is 0 Å². The van der Waals surface area contributed by atoms with Crippen LogP contribution in [0.15, 0.2) is 36.4 Å². The molecule has 1 aliphatic carbocycles. The molecule has 2 aromatic rings. The normalized spacial score (nSPS) is 15.8. The second-order valence-electron chi connectivity index (χ2n) is 6.65. The first kappa shape index (κ1) is 17.3. The average molecular weight is 370 g/mol. The average Bonchev–Trinajstić information content (AvgIpc) is 3.32. The summed E-state index contributed by atoms with van der Waals surface area (Å²) in [6.45, 7) is 0.644. The van der Waals surface area contributed by atoms with Crippen molar-refractivity contribution >= 4 is 6.03 Å². The molecule has 2 N–H and O–H groups in total. The summed E-state index contributed by atoms with van der Waals surface area (Å²) in [5.41, 5.74) is 1.61. The third kappa shape index (κ3) is 3.45. The Morgan fingerprint density at radius 3 is 2.56 bits per heavy atom. The molecule has 7 nitrogen and oxygen atoms in total. The number of hydrogen-bond acceptors (Lipinski definition) is 5. The van der Waals surface area contributed by atoms with Crippen LogP contribution >= 0.6 is 0 Å². The molecule has 142 valence electrons. The van der Waals surface area contributed by atoms with Gasteiger partial charge in [0, 0.05) is 6.54 Å². The fraction of sp³-hybridized carbons (Fsp3) is 0.350. The number of carbonyl (C=O) groups is 1. The Hall–Kier alpha value is -3.09. The number of amides is 2. The van der Waals surface area contributed by atoms with Crippen molar-refractivity contribution in [3.8, 4) is 23.0 Å². The van der Waals surface area contributed by atoms with E-state index in [9.17, 15) is 4.79 Å². The van der Waals surface area contributed by atoms with E-state index in [0.29, 0.717) is 23.8 Å². The molecular formula is C20H22N2O5. The predicted octanol–water partition coefficient (Wildman–Crippen LogP) is 2.92. The number of nitrogens with one attached hydrogen (secondary N) is 2. The van der Waals surface area contributed by atoms with Crippen molar-refractivity contribution in [3.05, 3.63) is 47.5 Å². The molecule has 1 fully saturated rings. The van der Waals surface area contributed by atoms with Crippen LogP contribution in [0.5, 0.6) is 23.0 Å². The van der Waals surface area contributed by atoms with Crippen LogP contribution in [0.1, 0.15) is 24.0 Å². The van der Waals surface area contributed by atoms with Gasteiger partial charge in [-0.15, -0.1) is 0 Å². The lowest BCUT2D eigenvalue weighted by atomic mass is 10.0. The van der Waals surface area contributed by atoms with Crippen molar-refractivity contribution < 1.29 is 23.7 Å². The van der Waals surface area contributed by atoms with Crippen molar-refractivity contribution in [3.63, 3.8) is 0 Å². The first-order valence-corrected chi connectivity index (χ1v) is 8.80. The van der Waals surface area contributed by atoms with Gasteiger partial charge < -0.3 is 29.6 Å². The molecule has 2 aliphatic rings. The smallest absolute Gasteiger partial charge is 0.315 e. The van der Waals surface area contributed by atoms with E-state index in [1.54, 1.807) is 14.2 Å². The van der Waals surface area contributed by atoms with E-state index in [4.69, 9.17) is 18.9 Å². The molecule has 1 saturated carbocycles. The molecule has 0 unspecified atom stereocenters. The second kappa shape index (κ2) is 6.90. The van der Waals surface area contributed by atoms with E-state index in [2.05, 4.69) is 10.6 Å². The minimum absolute atomic E-state index is 0.208. The molecule has 4 rings (SSSR count).